The van der Waals surface area contributed by atoms with E-state index in [1.165, 1.54) is 19.3 Å². The van der Waals surface area contributed by atoms with E-state index in [4.69, 9.17) is 9.47 Å². The lowest BCUT2D eigenvalue weighted by Gasteiger charge is -2.60. The maximum atomic E-state index is 5.95. The third-order valence-electron chi connectivity index (χ3n) is 5.46. The van der Waals surface area contributed by atoms with Crippen LogP contribution in [0.25, 0.3) is 0 Å². The Morgan fingerprint density at radius 1 is 1.17 bits per heavy atom. The summed E-state index contributed by atoms with van der Waals surface area (Å²) in [5.41, 5.74) is 0.299. The maximum absolute atomic E-state index is 5.95. The van der Waals surface area contributed by atoms with Gasteiger partial charge in [-0.25, -0.2) is 0 Å². The maximum Gasteiger partial charge on any atom is 0.0684 e. The van der Waals surface area contributed by atoms with E-state index in [0.29, 0.717) is 29.6 Å². The van der Waals surface area contributed by atoms with Gasteiger partial charge >= 0.3 is 0 Å². The number of ether oxygens (including phenoxy) is 2. The molecule has 0 amide bonds. The Hall–Kier alpha value is -0.120. The second-order valence-corrected chi connectivity index (χ2v) is 6.93. The lowest BCUT2D eigenvalue weighted by molar-refractivity contribution is -0.193. The molecule has 3 nitrogen and oxygen atoms in total. The molecule has 0 aromatic heterocycles. The summed E-state index contributed by atoms with van der Waals surface area (Å²) in [6.07, 6.45) is 4.70. The highest BCUT2D eigenvalue weighted by atomic mass is 16.5. The lowest BCUT2D eigenvalue weighted by atomic mass is 9.55. The van der Waals surface area contributed by atoms with Crippen molar-refractivity contribution >= 4 is 0 Å². The Morgan fingerprint density at radius 3 is 2.72 bits per heavy atom. The minimum atomic E-state index is 0.299. The predicted octanol–water partition coefficient (Wildman–Crippen LogP) is 2.20. The van der Waals surface area contributed by atoms with Gasteiger partial charge in [0.2, 0.25) is 0 Å². The highest BCUT2D eigenvalue weighted by Gasteiger charge is 2.57. The molecule has 0 bridgehead atoms. The number of hydrogen-bond donors (Lipinski definition) is 1. The Balaban J connectivity index is 1.55. The molecule has 5 unspecified atom stereocenters. The van der Waals surface area contributed by atoms with Crippen LogP contribution in [0.5, 0.6) is 0 Å². The molecule has 2 saturated heterocycles. The van der Waals surface area contributed by atoms with Crippen LogP contribution in [0, 0.1) is 17.3 Å². The van der Waals surface area contributed by atoms with E-state index in [1.54, 1.807) is 0 Å². The Morgan fingerprint density at radius 2 is 2.00 bits per heavy atom. The zero-order chi connectivity index (χ0) is 12.8. The van der Waals surface area contributed by atoms with Gasteiger partial charge in [-0.15, -0.1) is 0 Å². The second-order valence-electron chi connectivity index (χ2n) is 6.93. The zero-order valence-corrected chi connectivity index (χ0v) is 11.9. The van der Waals surface area contributed by atoms with Gasteiger partial charge in [0, 0.05) is 37.1 Å². The number of fused-ring (bicyclic) bond motifs is 1. The molecule has 3 rings (SSSR count). The minimum absolute atomic E-state index is 0.299. The SMILES string of the molecule is CC1OCCC1CNC1C2CCCOC2C1(C)C. The van der Waals surface area contributed by atoms with Gasteiger partial charge < -0.3 is 14.8 Å². The van der Waals surface area contributed by atoms with Crippen molar-refractivity contribution in [1.82, 2.24) is 5.32 Å². The average Bonchev–Trinajstić information content (AvgIpc) is 2.75. The minimum Gasteiger partial charge on any atom is -0.378 e. The highest BCUT2D eigenvalue weighted by Crippen LogP contribution is 2.51. The number of rotatable bonds is 3. The fourth-order valence-electron chi connectivity index (χ4n) is 4.26. The number of nitrogens with one attached hydrogen (secondary N) is 1. The van der Waals surface area contributed by atoms with Gasteiger partial charge in [-0.3, -0.25) is 0 Å². The molecule has 0 radical (unpaired) electrons. The predicted molar refractivity (Wildman–Crippen MR) is 71.6 cm³/mol. The van der Waals surface area contributed by atoms with Crippen LogP contribution in [0.3, 0.4) is 0 Å². The Bertz CT molecular complexity index is 305. The van der Waals surface area contributed by atoms with E-state index in [9.17, 15) is 0 Å². The molecule has 3 aliphatic rings. The van der Waals surface area contributed by atoms with E-state index in [-0.39, 0.29) is 0 Å². The summed E-state index contributed by atoms with van der Waals surface area (Å²) in [5.74, 6) is 1.44. The summed E-state index contributed by atoms with van der Waals surface area (Å²) in [6, 6.07) is 0.635. The quantitative estimate of drug-likeness (QED) is 0.836. The topological polar surface area (TPSA) is 30.5 Å². The molecule has 5 atom stereocenters. The van der Waals surface area contributed by atoms with Crippen molar-refractivity contribution in [2.24, 2.45) is 17.3 Å². The average molecular weight is 253 g/mol. The molecule has 3 heteroatoms. The van der Waals surface area contributed by atoms with Crippen LogP contribution in [-0.4, -0.2) is 38.0 Å². The molecule has 1 saturated carbocycles. The van der Waals surface area contributed by atoms with Crippen LogP contribution >= 0.6 is 0 Å². The number of hydrogen-bond acceptors (Lipinski definition) is 3. The molecule has 1 aliphatic carbocycles. The van der Waals surface area contributed by atoms with Crippen LogP contribution in [0.1, 0.15) is 40.0 Å². The van der Waals surface area contributed by atoms with Gasteiger partial charge in [-0.2, -0.15) is 0 Å². The van der Waals surface area contributed by atoms with Gasteiger partial charge in [0.15, 0.2) is 0 Å². The lowest BCUT2D eigenvalue weighted by Crippen LogP contribution is -2.69. The molecule has 104 valence electrons. The van der Waals surface area contributed by atoms with Crippen LogP contribution in [0.2, 0.25) is 0 Å². The molecule has 3 fully saturated rings. The third-order valence-corrected chi connectivity index (χ3v) is 5.46. The van der Waals surface area contributed by atoms with Gasteiger partial charge in [0.1, 0.15) is 0 Å². The van der Waals surface area contributed by atoms with E-state index >= 15 is 0 Å². The van der Waals surface area contributed by atoms with E-state index in [0.717, 1.165) is 25.7 Å². The van der Waals surface area contributed by atoms with Crippen molar-refractivity contribution in [2.45, 2.75) is 58.3 Å². The largest absolute Gasteiger partial charge is 0.378 e. The molecule has 18 heavy (non-hydrogen) atoms. The van der Waals surface area contributed by atoms with Gasteiger partial charge in [0.25, 0.3) is 0 Å². The molecule has 1 N–H and O–H groups in total. The van der Waals surface area contributed by atoms with Crippen molar-refractivity contribution in [3.63, 3.8) is 0 Å². The second kappa shape index (κ2) is 4.77. The first-order chi connectivity index (χ1) is 8.60. The first kappa shape index (κ1) is 12.9. The van der Waals surface area contributed by atoms with Gasteiger partial charge in [0.05, 0.1) is 12.2 Å². The summed E-state index contributed by atoms with van der Waals surface area (Å²) in [7, 11) is 0. The van der Waals surface area contributed by atoms with Crippen LogP contribution < -0.4 is 5.32 Å². The third kappa shape index (κ3) is 2.00. The summed E-state index contributed by atoms with van der Waals surface area (Å²) < 4.78 is 11.6. The summed E-state index contributed by atoms with van der Waals surface area (Å²) >= 11 is 0. The smallest absolute Gasteiger partial charge is 0.0684 e. The van der Waals surface area contributed by atoms with Crippen molar-refractivity contribution in [2.75, 3.05) is 19.8 Å². The fraction of sp³-hybridized carbons (Fsp3) is 1.00. The first-order valence-corrected chi connectivity index (χ1v) is 7.57. The fourth-order valence-corrected chi connectivity index (χ4v) is 4.26. The van der Waals surface area contributed by atoms with E-state index < -0.39 is 0 Å². The molecule has 0 spiro atoms. The van der Waals surface area contributed by atoms with E-state index in [2.05, 4.69) is 26.1 Å². The normalized spacial score (nSPS) is 46.5. The summed E-state index contributed by atoms with van der Waals surface area (Å²) in [4.78, 5) is 0. The standard InChI is InChI=1S/C15H27NO2/c1-10-11(6-8-17-10)9-16-13-12-5-4-7-18-14(12)15(13,2)3/h10-14,16H,4-9H2,1-3H3. The Kier molecular flexibility index (Phi) is 3.41. The summed E-state index contributed by atoms with van der Waals surface area (Å²) in [6.45, 7) is 9.93. The van der Waals surface area contributed by atoms with E-state index in [1.807, 2.05) is 0 Å². The van der Waals surface area contributed by atoms with Crippen LogP contribution in [0.15, 0.2) is 0 Å². The van der Waals surface area contributed by atoms with Gasteiger partial charge in [-0.05, 0) is 32.1 Å². The Labute approximate surface area is 111 Å². The van der Waals surface area contributed by atoms with Crippen LogP contribution in [-0.2, 0) is 9.47 Å². The molecular formula is C15H27NO2. The molecule has 2 aliphatic heterocycles. The summed E-state index contributed by atoms with van der Waals surface area (Å²) in [5, 5.41) is 3.82. The monoisotopic (exact) mass is 253 g/mol. The first-order valence-electron chi connectivity index (χ1n) is 7.57. The molecule has 0 aromatic carbocycles. The molecule has 0 aromatic rings. The molecule has 2 heterocycles. The van der Waals surface area contributed by atoms with Crippen molar-refractivity contribution in [3.8, 4) is 0 Å². The highest BCUT2D eigenvalue weighted by molar-refractivity contribution is 5.10. The van der Waals surface area contributed by atoms with Crippen molar-refractivity contribution in [1.29, 1.82) is 0 Å². The zero-order valence-electron chi connectivity index (χ0n) is 11.9. The van der Waals surface area contributed by atoms with Crippen LogP contribution in [0.4, 0.5) is 0 Å². The molecular weight excluding hydrogens is 226 g/mol. The van der Waals surface area contributed by atoms with Gasteiger partial charge in [-0.1, -0.05) is 13.8 Å². The van der Waals surface area contributed by atoms with Crippen molar-refractivity contribution in [3.05, 3.63) is 0 Å². The van der Waals surface area contributed by atoms with Crippen molar-refractivity contribution < 1.29 is 9.47 Å².